The summed E-state index contributed by atoms with van der Waals surface area (Å²) in [5, 5.41) is 64.1. The Labute approximate surface area is 357 Å². The second-order valence-corrected chi connectivity index (χ2v) is 18.7. The molecule has 0 saturated carbocycles. The molecule has 0 aromatic heterocycles. The summed E-state index contributed by atoms with van der Waals surface area (Å²) in [5.41, 5.74) is -3.31. The summed E-state index contributed by atoms with van der Waals surface area (Å²) < 4.78 is 37.8. The molecule has 3 aliphatic heterocycles. The SMILES string of the molecule is CC[C@@H]1OC(=O)[C@H](C)[C@@H](OC2C[C@@](C)(OC)[C@@H](O)[C@H](C)O2)[C@H](C)[C@@H](O[C@@H]2O[C@H](C)C[C@H](N(C)C)[C@H]2O)C(C)(O)C[C@@H](C)/C(=N\OCCc2ccccc2)[C@@H](C)[C@@H](O)[C@]1(C)O. The molecule has 3 aliphatic rings. The molecule has 4 rings (SSSR count). The van der Waals surface area contributed by atoms with Gasteiger partial charge in [-0.2, -0.15) is 0 Å². The quantitative estimate of drug-likeness (QED) is 0.122. The summed E-state index contributed by atoms with van der Waals surface area (Å²) in [6.45, 7) is 17.4. The zero-order chi connectivity index (χ0) is 44.9. The van der Waals surface area contributed by atoms with Crippen LogP contribution in [0.3, 0.4) is 0 Å². The first-order valence-electron chi connectivity index (χ1n) is 21.7. The highest BCUT2D eigenvalue weighted by atomic mass is 16.7. The maximum atomic E-state index is 14.4. The molecule has 15 nitrogen and oxygen atoms in total. The summed E-state index contributed by atoms with van der Waals surface area (Å²) in [5.74, 6) is -4.01. The molecule has 60 heavy (non-hydrogen) atoms. The van der Waals surface area contributed by atoms with Gasteiger partial charge in [-0.1, -0.05) is 63.2 Å². The van der Waals surface area contributed by atoms with Gasteiger partial charge in [0.05, 0.1) is 53.4 Å². The molecule has 2 unspecified atom stereocenters. The predicted octanol–water partition coefficient (Wildman–Crippen LogP) is 3.83. The molecule has 0 bridgehead atoms. The number of rotatable bonds is 11. The molecule has 0 aliphatic carbocycles. The Morgan fingerprint density at radius 3 is 2.15 bits per heavy atom. The van der Waals surface area contributed by atoms with Crippen molar-refractivity contribution >= 4 is 11.7 Å². The Balaban J connectivity index is 1.84. The maximum Gasteiger partial charge on any atom is 0.311 e. The lowest BCUT2D eigenvalue weighted by Gasteiger charge is -2.49. The number of hydrogen-bond donors (Lipinski definition) is 5. The lowest BCUT2D eigenvalue weighted by Crippen LogP contribution is -2.61. The fraction of sp³-hybridized carbons (Fsp3) is 0.822. The van der Waals surface area contributed by atoms with Gasteiger partial charge in [0, 0.05) is 43.7 Å². The van der Waals surface area contributed by atoms with Crippen molar-refractivity contribution in [1.82, 2.24) is 4.90 Å². The van der Waals surface area contributed by atoms with Crippen LogP contribution >= 0.6 is 0 Å². The number of ether oxygens (including phenoxy) is 6. The first kappa shape index (κ1) is 50.4. The minimum Gasteiger partial charge on any atom is -0.459 e. The van der Waals surface area contributed by atoms with Gasteiger partial charge in [-0.05, 0) is 80.5 Å². The van der Waals surface area contributed by atoms with Gasteiger partial charge in [0.25, 0.3) is 0 Å². The number of esters is 1. The van der Waals surface area contributed by atoms with Crippen LogP contribution in [0.5, 0.6) is 0 Å². The van der Waals surface area contributed by atoms with E-state index in [2.05, 4.69) is 5.16 Å². The number of cyclic esters (lactones) is 1. The zero-order valence-electron chi connectivity index (χ0n) is 38.2. The molecule has 5 N–H and O–H groups in total. The third-order valence-electron chi connectivity index (χ3n) is 13.4. The highest BCUT2D eigenvalue weighted by Crippen LogP contribution is 2.41. The summed E-state index contributed by atoms with van der Waals surface area (Å²) in [6, 6.07) is 9.48. The van der Waals surface area contributed by atoms with Crippen LogP contribution in [0.25, 0.3) is 0 Å². The lowest BCUT2D eigenvalue weighted by molar-refractivity contribution is -0.317. The number of benzene rings is 1. The number of carbonyl (C=O) groups excluding carboxylic acids is 1. The second-order valence-electron chi connectivity index (χ2n) is 18.7. The molecular weight excluding hydrogens is 776 g/mol. The first-order chi connectivity index (χ1) is 28.0. The molecule has 1 aromatic carbocycles. The molecule has 0 amide bonds. The molecule has 0 radical (unpaired) electrons. The Hall–Kier alpha value is -2.28. The number of nitrogens with zero attached hydrogens (tertiary/aromatic N) is 2. The van der Waals surface area contributed by atoms with Crippen LogP contribution in [0.2, 0.25) is 0 Å². The summed E-state index contributed by atoms with van der Waals surface area (Å²) in [7, 11) is 5.24. The number of carbonyl (C=O) groups is 1. The number of hydrogen-bond acceptors (Lipinski definition) is 15. The molecule has 3 heterocycles. The van der Waals surface area contributed by atoms with Gasteiger partial charge >= 0.3 is 5.97 Å². The minimum absolute atomic E-state index is 0.00518. The van der Waals surface area contributed by atoms with E-state index in [1.807, 2.05) is 63.2 Å². The standard InChI is InChI=1S/C45H76N2O13/c1-14-33-45(10,53)38(49)27(4)35(46-55-21-20-31-18-16-15-17-19-31)25(2)23-43(8,52)40(60-42-36(48)32(47(11)12)22-26(3)56-42)28(5)37(29(6)41(51)58-33)59-34-24-44(9,54-13)39(50)30(7)57-34/h15-19,25-30,32-34,36-40,42,48-50,52-53H,14,20-24H2,1-13H3/b46-35+/t25-,26-,27-,28+,29-,30+,32+,33+,34?,36-,37+,38-,39+,40-,42+,43?,44-,45-/m1/s1. The highest BCUT2D eigenvalue weighted by molar-refractivity contribution is 5.88. The van der Waals surface area contributed by atoms with E-state index in [1.165, 1.54) is 14.0 Å². The Bertz CT molecular complexity index is 1530. The van der Waals surface area contributed by atoms with Crippen LogP contribution in [-0.2, 0) is 44.5 Å². The van der Waals surface area contributed by atoms with Crippen molar-refractivity contribution in [2.45, 2.75) is 186 Å². The van der Waals surface area contributed by atoms with Crippen LogP contribution in [-0.4, -0.2) is 154 Å². The average molecular weight is 853 g/mol. The van der Waals surface area contributed by atoms with E-state index >= 15 is 0 Å². The number of aliphatic hydroxyl groups excluding tert-OH is 3. The Morgan fingerprint density at radius 2 is 1.55 bits per heavy atom. The van der Waals surface area contributed by atoms with Crippen LogP contribution in [0, 0.1) is 23.7 Å². The monoisotopic (exact) mass is 853 g/mol. The smallest absolute Gasteiger partial charge is 0.311 e. The van der Waals surface area contributed by atoms with Crippen molar-refractivity contribution in [3.8, 4) is 0 Å². The lowest BCUT2D eigenvalue weighted by atomic mass is 9.73. The van der Waals surface area contributed by atoms with E-state index < -0.39 is 102 Å². The van der Waals surface area contributed by atoms with Crippen LogP contribution < -0.4 is 0 Å². The molecule has 15 heteroatoms. The number of methoxy groups -OCH3 is 1. The van der Waals surface area contributed by atoms with Crippen molar-refractivity contribution in [2.24, 2.45) is 28.8 Å². The highest BCUT2D eigenvalue weighted by Gasteiger charge is 2.53. The second kappa shape index (κ2) is 20.9. The number of likely N-dealkylation sites (N-methyl/N-ethyl adjacent to an activating group) is 1. The predicted molar refractivity (Wildman–Crippen MR) is 225 cm³/mol. The normalized spacial score (nSPS) is 44.6. The van der Waals surface area contributed by atoms with Gasteiger partial charge in [-0.3, -0.25) is 4.79 Å². The number of aliphatic hydroxyl groups is 5. The van der Waals surface area contributed by atoms with Crippen LogP contribution in [0.1, 0.15) is 100 Å². The Kier molecular flexibility index (Phi) is 17.6. The summed E-state index contributed by atoms with van der Waals surface area (Å²) in [6.07, 6.45) is -8.71. The van der Waals surface area contributed by atoms with Crippen molar-refractivity contribution in [3.05, 3.63) is 35.9 Å². The van der Waals surface area contributed by atoms with E-state index in [4.69, 9.17) is 33.3 Å². The molecule has 0 spiro atoms. The van der Waals surface area contributed by atoms with Crippen LogP contribution in [0.4, 0.5) is 0 Å². The fourth-order valence-electron chi connectivity index (χ4n) is 9.52. The van der Waals surface area contributed by atoms with Crippen molar-refractivity contribution in [3.63, 3.8) is 0 Å². The molecule has 3 fully saturated rings. The van der Waals surface area contributed by atoms with Crippen molar-refractivity contribution in [1.29, 1.82) is 0 Å². The first-order valence-corrected chi connectivity index (χ1v) is 21.7. The zero-order valence-corrected chi connectivity index (χ0v) is 38.2. The minimum atomic E-state index is -1.94. The Morgan fingerprint density at radius 1 is 0.900 bits per heavy atom. The van der Waals surface area contributed by atoms with E-state index in [1.54, 1.807) is 48.5 Å². The average Bonchev–Trinajstić information content (AvgIpc) is 3.19. The van der Waals surface area contributed by atoms with Gasteiger partial charge < -0.3 is 63.7 Å². The van der Waals surface area contributed by atoms with Crippen LogP contribution in [0.15, 0.2) is 35.5 Å². The van der Waals surface area contributed by atoms with E-state index in [9.17, 15) is 30.3 Å². The van der Waals surface area contributed by atoms with Crippen molar-refractivity contribution in [2.75, 3.05) is 27.8 Å². The van der Waals surface area contributed by atoms with Gasteiger partial charge in [0.1, 0.15) is 30.5 Å². The summed E-state index contributed by atoms with van der Waals surface area (Å²) in [4.78, 5) is 22.2. The van der Waals surface area contributed by atoms with Crippen molar-refractivity contribution < 1.29 is 63.6 Å². The topological polar surface area (TPSA) is 198 Å². The maximum absolute atomic E-state index is 14.4. The third kappa shape index (κ3) is 11.6. The molecule has 1 aromatic rings. The summed E-state index contributed by atoms with van der Waals surface area (Å²) >= 11 is 0. The molecule has 344 valence electrons. The van der Waals surface area contributed by atoms with Gasteiger partial charge in [0.2, 0.25) is 0 Å². The van der Waals surface area contributed by atoms with Gasteiger partial charge in [-0.25, -0.2) is 0 Å². The number of oxime groups is 1. The molecular formula is C45H76N2O13. The largest absolute Gasteiger partial charge is 0.459 e. The molecule has 3 saturated heterocycles. The van der Waals surface area contributed by atoms with Gasteiger partial charge in [-0.15, -0.1) is 0 Å². The van der Waals surface area contributed by atoms with E-state index in [0.717, 1.165) is 5.56 Å². The van der Waals surface area contributed by atoms with E-state index in [-0.39, 0.29) is 38.0 Å². The molecule has 18 atom stereocenters. The fourth-order valence-corrected chi connectivity index (χ4v) is 9.52. The van der Waals surface area contributed by atoms with E-state index in [0.29, 0.717) is 18.6 Å². The van der Waals surface area contributed by atoms with Gasteiger partial charge in [0.15, 0.2) is 12.6 Å². The third-order valence-corrected chi connectivity index (χ3v) is 13.4.